The molecule has 2 heterocycles. The molecule has 3 amide bonds. The molecule has 0 radical (unpaired) electrons. The zero-order valence-electron chi connectivity index (χ0n) is 13.6. The van der Waals surface area contributed by atoms with Crippen molar-refractivity contribution in [2.24, 2.45) is 11.3 Å². The molecule has 1 aliphatic carbocycles. The average Bonchev–Trinajstić information content (AvgIpc) is 3.19. The first-order chi connectivity index (χ1) is 11.0. The molecule has 0 bridgehead atoms. The second-order valence-corrected chi connectivity index (χ2v) is 7.06. The molecule has 2 saturated heterocycles. The first-order valence-corrected chi connectivity index (χ1v) is 8.53. The number of amides is 3. The summed E-state index contributed by atoms with van der Waals surface area (Å²) in [5.41, 5.74) is -0.739. The number of likely N-dealkylation sites (tertiary alicyclic amines) is 2. The molecule has 0 aromatic carbocycles. The van der Waals surface area contributed by atoms with Crippen molar-refractivity contribution in [1.82, 2.24) is 15.1 Å². The van der Waals surface area contributed by atoms with Gasteiger partial charge in [-0.2, -0.15) is 0 Å². The molecule has 2 N–H and O–H groups in total. The molecular weight excluding hydrogens is 298 g/mol. The van der Waals surface area contributed by atoms with Crippen molar-refractivity contribution in [3.8, 4) is 0 Å². The van der Waals surface area contributed by atoms with Crippen LogP contribution in [0.2, 0.25) is 0 Å². The fourth-order valence-electron chi connectivity index (χ4n) is 4.39. The molecule has 3 atom stereocenters. The van der Waals surface area contributed by atoms with Gasteiger partial charge in [0.15, 0.2) is 0 Å². The molecule has 3 rings (SSSR count). The van der Waals surface area contributed by atoms with Crippen LogP contribution in [0.3, 0.4) is 0 Å². The topological polar surface area (TPSA) is 90.0 Å². The highest BCUT2D eigenvalue weighted by Gasteiger charge is 2.55. The van der Waals surface area contributed by atoms with Crippen molar-refractivity contribution in [1.29, 1.82) is 0 Å². The second kappa shape index (κ2) is 6.02. The Morgan fingerprint density at radius 2 is 2.00 bits per heavy atom. The van der Waals surface area contributed by atoms with Crippen molar-refractivity contribution >= 4 is 17.9 Å². The molecule has 7 nitrogen and oxygen atoms in total. The van der Waals surface area contributed by atoms with Crippen LogP contribution in [-0.4, -0.2) is 65.0 Å². The number of hydrogen-bond donors (Lipinski definition) is 2. The highest BCUT2D eigenvalue weighted by Crippen LogP contribution is 2.48. The molecule has 0 spiro atoms. The van der Waals surface area contributed by atoms with Gasteiger partial charge in [-0.25, -0.2) is 4.79 Å². The van der Waals surface area contributed by atoms with E-state index in [-0.39, 0.29) is 23.9 Å². The van der Waals surface area contributed by atoms with E-state index in [4.69, 9.17) is 0 Å². The van der Waals surface area contributed by atoms with Crippen molar-refractivity contribution < 1.29 is 19.5 Å². The maximum atomic E-state index is 12.5. The van der Waals surface area contributed by atoms with E-state index in [1.54, 1.807) is 9.80 Å². The van der Waals surface area contributed by atoms with Gasteiger partial charge in [-0.3, -0.25) is 9.59 Å². The number of nitrogens with zero attached hydrogens (tertiary/aromatic N) is 2. The fourth-order valence-corrected chi connectivity index (χ4v) is 4.39. The van der Waals surface area contributed by atoms with Crippen LogP contribution in [0.5, 0.6) is 0 Å². The van der Waals surface area contributed by atoms with E-state index >= 15 is 0 Å². The molecule has 7 heteroatoms. The van der Waals surface area contributed by atoms with E-state index in [9.17, 15) is 19.5 Å². The Bertz CT molecular complexity index is 523. The summed E-state index contributed by atoms with van der Waals surface area (Å²) in [6, 6.07) is -0.213. The highest BCUT2D eigenvalue weighted by atomic mass is 16.4. The highest BCUT2D eigenvalue weighted by molar-refractivity contribution is 5.81. The van der Waals surface area contributed by atoms with Crippen LogP contribution < -0.4 is 5.32 Å². The van der Waals surface area contributed by atoms with Gasteiger partial charge in [-0.1, -0.05) is 13.3 Å². The van der Waals surface area contributed by atoms with E-state index < -0.39 is 11.4 Å². The maximum Gasteiger partial charge on any atom is 0.317 e. The minimum absolute atomic E-state index is 0.0285. The van der Waals surface area contributed by atoms with Crippen LogP contribution in [-0.2, 0) is 9.59 Å². The standard InChI is InChI=1S/C16H25N3O4/c1-2-13(20)18-7-5-12(9-18)17-15(23)19-8-11-4-3-6-16(11,10-19)14(21)22/h11-12H,2-10H2,1H3,(H,17,23)(H,21,22)/t11-,12?,16+/m0/s1. The fraction of sp³-hybridized carbons (Fsp3) is 0.812. The van der Waals surface area contributed by atoms with E-state index in [1.807, 2.05) is 6.92 Å². The molecule has 2 aliphatic heterocycles. The number of carbonyl (C=O) groups excluding carboxylic acids is 2. The minimum Gasteiger partial charge on any atom is -0.481 e. The lowest BCUT2D eigenvalue weighted by molar-refractivity contribution is -0.149. The first kappa shape index (κ1) is 16.1. The Labute approximate surface area is 136 Å². The van der Waals surface area contributed by atoms with Gasteiger partial charge in [0.1, 0.15) is 0 Å². The number of urea groups is 1. The average molecular weight is 323 g/mol. The van der Waals surface area contributed by atoms with E-state index in [0.29, 0.717) is 39.0 Å². The zero-order chi connectivity index (χ0) is 16.6. The van der Waals surface area contributed by atoms with Crippen LogP contribution in [0.1, 0.15) is 39.0 Å². The summed E-state index contributed by atoms with van der Waals surface area (Å²) in [7, 11) is 0. The van der Waals surface area contributed by atoms with Gasteiger partial charge in [-0.05, 0) is 25.2 Å². The second-order valence-electron chi connectivity index (χ2n) is 7.06. The Balaban J connectivity index is 1.56. The molecule has 3 aliphatic rings. The van der Waals surface area contributed by atoms with Crippen molar-refractivity contribution in [2.45, 2.75) is 45.1 Å². The Morgan fingerprint density at radius 3 is 2.65 bits per heavy atom. The van der Waals surface area contributed by atoms with Gasteiger partial charge < -0.3 is 20.2 Å². The molecule has 23 heavy (non-hydrogen) atoms. The van der Waals surface area contributed by atoms with Gasteiger partial charge in [0.25, 0.3) is 0 Å². The number of fused-ring (bicyclic) bond motifs is 1. The lowest BCUT2D eigenvalue weighted by Gasteiger charge is -2.24. The summed E-state index contributed by atoms with van der Waals surface area (Å²) in [4.78, 5) is 39.3. The summed E-state index contributed by atoms with van der Waals surface area (Å²) in [6.45, 7) is 3.91. The van der Waals surface area contributed by atoms with E-state index in [2.05, 4.69) is 5.32 Å². The Hall–Kier alpha value is -1.79. The van der Waals surface area contributed by atoms with Crippen LogP contribution in [0, 0.1) is 11.3 Å². The third-order valence-corrected chi connectivity index (χ3v) is 5.75. The van der Waals surface area contributed by atoms with Crippen LogP contribution in [0.25, 0.3) is 0 Å². The SMILES string of the molecule is CCC(=O)N1CCC(NC(=O)N2C[C@@H]3CCC[C@@]3(C(=O)O)C2)C1. The number of carboxylic acid groups (broad SMARTS) is 1. The summed E-state index contributed by atoms with van der Waals surface area (Å²) in [5, 5.41) is 12.6. The zero-order valence-corrected chi connectivity index (χ0v) is 13.6. The predicted octanol–water partition coefficient (Wildman–Crippen LogP) is 0.894. The number of nitrogens with one attached hydrogen (secondary N) is 1. The van der Waals surface area contributed by atoms with Gasteiger partial charge in [0.2, 0.25) is 5.91 Å². The quantitative estimate of drug-likeness (QED) is 0.807. The first-order valence-electron chi connectivity index (χ1n) is 8.53. The minimum atomic E-state index is -0.768. The van der Waals surface area contributed by atoms with E-state index in [1.165, 1.54) is 0 Å². The monoisotopic (exact) mass is 323 g/mol. The van der Waals surface area contributed by atoms with Gasteiger partial charge in [0, 0.05) is 38.6 Å². The molecule has 128 valence electrons. The summed E-state index contributed by atoms with van der Waals surface area (Å²) >= 11 is 0. The predicted molar refractivity (Wildman–Crippen MR) is 82.8 cm³/mol. The Morgan fingerprint density at radius 1 is 1.22 bits per heavy atom. The number of rotatable bonds is 3. The molecule has 1 saturated carbocycles. The largest absolute Gasteiger partial charge is 0.481 e. The molecular formula is C16H25N3O4. The Kier molecular flexibility index (Phi) is 4.21. The lowest BCUT2D eigenvalue weighted by atomic mass is 9.81. The normalized spacial score (nSPS) is 32.9. The number of hydrogen-bond acceptors (Lipinski definition) is 3. The molecule has 1 unspecified atom stereocenters. The van der Waals surface area contributed by atoms with Crippen LogP contribution in [0.15, 0.2) is 0 Å². The van der Waals surface area contributed by atoms with Gasteiger partial charge in [0.05, 0.1) is 5.41 Å². The summed E-state index contributed by atoms with van der Waals surface area (Å²) in [6.07, 6.45) is 3.73. The maximum absolute atomic E-state index is 12.5. The number of aliphatic carboxylic acids is 1. The third kappa shape index (κ3) is 2.77. The lowest BCUT2D eigenvalue weighted by Crippen LogP contribution is -2.46. The molecule has 0 aromatic heterocycles. The van der Waals surface area contributed by atoms with E-state index in [0.717, 1.165) is 19.3 Å². The van der Waals surface area contributed by atoms with Crippen molar-refractivity contribution in [3.05, 3.63) is 0 Å². The third-order valence-electron chi connectivity index (χ3n) is 5.75. The van der Waals surface area contributed by atoms with Crippen molar-refractivity contribution in [2.75, 3.05) is 26.2 Å². The number of carboxylic acids is 1. The van der Waals surface area contributed by atoms with Crippen LogP contribution >= 0.6 is 0 Å². The molecule has 0 aromatic rings. The van der Waals surface area contributed by atoms with Gasteiger partial charge in [-0.15, -0.1) is 0 Å². The smallest absolute Gasteiger partial charge is 0.317 e. The van der Waals surface area contributed by atoms with Gasteiger partial charge >= 0.3 is 12.0 Å². The summed E-state index contributed by atoms with van der Waals surface area (Å²) in [5.74, 6) is -0.578. The molecule has 3 fully saturated rings. The van der Waals surface area contributed by atoms with Crippen LogP contribution in [0.4, 0.5) is 4.79 Å². The summed E-state index contributed by atoms with van der Waals surface area (Å²) < 4.78 is 0. The van der Waals surface area contributed by atoms with Crippen molar-refractivity contribution in [3.63, 3.8) is 0 Å². The number of carbonyl (C=O) groups is 3.